The molecule has 0 radical (unpaired) electrons. The van der Waals surface area contributed by atoms with E-state index in [0.717, 1.165) is 0 Å². The number of nitrogens with zero attached hydrogens (tertiary/aromatic N) is 2. The number of nitrogens with one attached hydrogen (secondary N) is 1. The highest BCUT2D eigenvalue weighted by Crippen LogP contribution is 2.33. The van der Waals surface area contributed by atoms with Gasteiger partial charge in [0.25, 0.3) is 5.91 Å². The molecule has 1 atom stereocenters. The Hall–Kier alpha value is -4.42. The van der Waals surface area contributed by atoms with Gasteiger partial charge in [-0.25, -0.2) is 4.79 Å². The van der Waals surface area contributed by atoms with Crippen molar-refractivity contribution in [2.45, 2.75) is 13.0 Å². The number of carbonyl (C=O) groups is 2. The molecule has 0 aliphatic carbocycles. The second-order valence-corrected chi connectivity index (χ2v) is 7.13. The topological polar surface area (TPSA) is 132 Å². The van der Waals surface area contributed by atoms with Crippen molar-refractivity contribution in [2.75, 3.05) is 5.32 Å². The molecule has 0 aliphatic rings. The summed E-state index contributed by atoms with van der Waals surface area (Å²) < 4.78 is 10.7. The first-order valence-electron chi connectivity index (χ1n) is 9.51. The van der Waals surface area contributed by atoms with Crippen LogP contribution in [0.4, 0.5) is 11.4 Å². The van der Waals surface area contributed by atoms with Gasteiger partial charge in [-0.3, -0.25) is 14.9 Å². The zero-order valence-electron chi connectivity index (χ0n) is 17.2. The number of rotatable bonds is 7. The second-order valence-electron chi connectivity index (χ2n) is 6.69. The number of ether oxygens (including phenoxy) is 2. The predicted octanol–water partition coefficient (Wildman–Crippen LogP) is 5.10. The lowest BCUT2D eigenvalue weighted by molar-refractivity contribution is -0.385. The van der Waals surface area contributed by atoms with Gasteiger partial charge >= 0.3 is 11.7 Å². The number of amides is 1. The van der Waals surface area contributed by atoms with E-state index in [2.05, 4.69) is 5.32 Å². The Morgan fingerprint density at radius 2 is 1.82 bits per heavy atom. The average Bonchev–Trinajstić information content (AvgIpc) is 2.80. The molecular formula is C23H16ClN3O6. The molecule has 1 amide bonds. The maximum absolute atomic E-state index is 12.4. The molecule has 1 N–H and O–H groups in total. The van der Waals surface area contributed by atoms with Gasteiger partial charge in [0.05, 0.1) is 21.7 Å². The van der Waals surface area contributed by atoms with Gasteiger partial charge in [0.2, 0.25) is 5.75 Å². The van der Waals surface area contributed by atoms with Gasteiger partial charge in [0, 0.05) is 11.1 Å². The van der Waals surface area contributed by atoms with Crippen molar-refractivity contribution in [2.24, 2.45) is 0 Å². The normalized spacial score (nSPS) is 11.1. The van der Waals surface area contributed by atoms with Gasteiger partial charge in [-0.05, 0) is 55.5 Å². The van der Waals surface area contributed by atoms with Crippen LogP contribution in [0.25, 0.3) is 0 Å². The molecular weight excluding hydrogens is 450 g/mol. The quantitative estimate of drug-likeness (QED) is 0.291. The molecule has 0 saturated heterocycles. The van der Waals surface area contributed by atoms with E-state index in [0.29, 0.717) is 5.69 Å². The monoisotopic (exact) mass is 465 g/mol. The average molecular weight is 466 g/mol. The number of halogens is 1. The van der Waals surface area contributed by atoms with Crippen LogP contribution in [0.2, 0.25) is 5.02 Å². The number of nitriles is 1. The molecule has 10 heteroatoms. The van der Waals surface area contributed by atoms with Crippen LogP contribution in [-0.2, 0) is 9.53 Å². The van der Waals surface area contributed by atoms with Gasteiger partial charge < -0.3 is 14.8 Å². The lowest BCUT2D eigenvalue weighted by atomic mass is 10.2. The Labute approximate surface area is 193 Å². The van der Waals surface area contributed by atoms with Crippen molar-refractivity contribution in [1.82, 2.24) is 0 Å². The predicted molar refractivity (Wildman–Crippen MR) is 119 cm³/mol. The molecule has 33 heavy (non-hydrogen) atoms. The van der Waals surface area contributed by atoms with E-state index in [1.54, 1.807) is 24.3 Å². The van der Waals surface area contributed by atoms with Crippen LogP contribution < -0.4 is 10.1 Å². The Kier molecular flexibility index (Phi) is 7.23. The maximum Gasteiger partial charge on any atom is 0.338 e. The van der Waals surface area contributed by atoms with Gasteiger partial charge in [-0.15, -0.1) is 0 Å². The third kappa shape index (κ3) is 5.84. The van der Waals surface area contributed by atoms with E-state index >= 15 is 0 Å². The summed E-state index contributed by atoms with van der Waals surface area (Å²) in [5, 5.41) is 23.0. The van der Waals surface area contributed by atoms with Crippen LogP contribution in [0.5, 0.6) is 11.5 Å². The maximum atomic E-state index is 12.4. The fourth-order valence-electron chi connectivity index (χ4n) is 2.71. The third-order valence-corrected chi connectivity index (χ3v) is 4.63. The van der Waals surface area contributed by atoms with Crippen molar-refractivity contribution < 1.29 is 24.0 Å². The Bertz CT molecular complexity index is 1250. The minimum atomic E-state index is -1.13. The molecule has 0 spiro atoms. The number of anilines is 1. The van der Waals surface area contributed by atoms with Crippen molar-refractivity contribution in [3.05, 3.63) is 93.0 Å². The van der Waals surface area contributed by atoms with Crippen molar-refractivity contribution in [3.63, 3.8) is 0 Å². The van der Waals surface area contributed by atoms with E-state index in [9.17, 15) is 19.7 Å². The highest BCUT2D eigenvalue weighted by atomic mass is 35.5. The standard InChI is InChI=1S/C23H16ClN3O6/c1-14(22(28)26-19-5-3-2-4-16(19)13-25)32-23(29)15-6-9-18(10-7-15)33-21-11-8-17(24)12-20(21)27(30)31/h2-12,14H,1H3,(H,26,28). The molecule has 3 rings (SSSR count). The van der Waals surface area contributed by atoms with E-state index in [1.165, 1.54) is 49.4 Å². The number of hydrogen-bond donors (Lipinski definition) is 1. The molecule has 3 aromatic carbocycles. The smallest absolute Gasteiger partial charge is 0.338 e. The molecule has 3 aromatic rings. The SMILES string of the molecule is CC(OC(=O)c1ccc(Oc2ccc(Cl)cc2[N+](=O)[O-])cc1)C(=O)Nc1ccccc1C#N. The van der Waals surface area contributed by atoms with Crippen LogP contribution in [0, 0.1) is 21.4 Å². The summed E-state index contributed by atoms with van der Waals surface area (Å²) in [7, 11) is 0. The van der Waals surface area contributed by atoms with Gasteiger partial charge in [-0.2, -0.15) is 5.26 Å². The number of carbonyl (C=O) groups excluding carboxylic acids is 2. The number of hydrogen-bond acceptors (Lipinski definition) is 7. The first-order chi connectivity index (χ1) is 15.8. The second kappa shape index (κ2) is 10.3. The molecule has 0 heterocycles. The molecule has 0 aliphatic heterocycles. The molecule has 0 fully saturated rings. The van der Waals surface area contributed by atoms with Gasteiger partial charge in [-0.1, -0.05) is 23.7 Å². The zero-order valence-corrected chi connectivity index (χ0v) is 17.9. The van der Waals surface area contributed by atoms with E-state index in [-0.39, 0.29) is 33.3 Å². The molecule has 0 bridgehead atoms. The number of nitro groups is 1. The summed E-state index contributed by atoms with van der Waals surface area (Å²) in [5.41, 5.74) is 0.431. The summed E-state index contributed by atoms with van der Waals surface area (Å²) in [6, 6.07) is 18.1. The lowest BCUT2D eigenvalue weighted by Gasteiger charge is -2.14. The minimum absolute atomic E-state index is 0.0114. The van der Waals surface area contributed by atoms with Crippen molar-refractivity contribution in [1.29, 1.82) is 5.26 Å². The first-order valence-corrected chi connectivity index (χ1v) is 9.89. The summed E-state index contributed by atoms with van der Waals surface area (Å²) in [4.78, 5) is 35.3. The van der Waals surface area contributed by atoms with Gasteiger partial charge in [0.15, 0.2) is 6.10 Å². The summed E-state index contributed by atoms with van der Waals surface area (Å²) in [5.74, 6) is -1.12. The highest BCUT2D eigenvalue weighted by molar-refractivity contribution is 6.30. The number of nitro benzene ring substituents is 1. The highest BCUT2D eigenvalue weighted by Gasteiger charge is 2.21. The van der Waals surface area contributed by atoms with Gasteiger partial charge in [0.1, 0.15) is 11.8 Å². The Balaban J connectivity index is 1.64. The van der Waals surface area contributed by atoms with Crippen molar-refractivity contribution >= 4 is 34.9 Å². The van der Waals surface area contributed by atoms with E-state index < -0.39 is 22.9 Å². The molecule has 1 unspecified atom stereocenters. The molecule has 0 aromatic heterocycles. The zero-order chi connectivity index (χ0) is 24.0. The number of para-hydroxylation sites is 1. The lowest BCUT2D eigenvalue weighted by Crippen LogP contribution is -2.30. The number of benzene rings is 3. The van der Waals surface area contributed by atoms with E-state index in [1.807, 2.05) is 6.07 Å². The summed E-state index contributed by atoms with van der Waals surface area (Å²) in [6.45, 7) is 1.40. The number of esters is 1. The first kappa shape index (κ1) is 23.2. The van der Waals surface area contributed by atoms with Crippen molar-refractivity contribution in [3.8, 4) is 17.6 Å². The Morgan fingerprint density at radius 3 is 2.48 bits per heavy atom. The fraction of sp³-hybridized carbons (Fsp3) is 0.0870. The molecule has 0 saturated carbocycles. The van der Waals surface area contributed by atoms with Crippen LogP contribution >= 0.6 is 11.6 Å². The summed E-state index contributed by atoms with van der Waals surface area (Å²) in [6.07, 6.45) is -1.13. The van der Waals surface area contributed by atoms with Crippen LogP contribution in [-0.4, -0.2) is 22.9 Å². The third-order valence-electron chi connectivity index (χ3n) is 4.39. The van der Waals surface area contributed by atoms with Crippen LogP contribution in [0.3, 0.4) is 0 Å². The molecule has 9 nitrogen and oxygen atoms in total. The van der Waals surface area contributed by atoms with Crippen LogP contribution in [0.15, 0.2) is 66.7 Å². The molecule has 166 valence electrons. The van der Waals surface area contributed by atoms with E-state index in [4.69, 9.17) is 26.3 Å². The fourth-order valence-corrected chi connectivity index (χ4v) is 2.88. The Morgan fingerprint density at radius 1 is 1.12 bits per heavy atom. The van der Waals surface area contributed by atoms with Crippen LogP contribution in [0.1, 0.15) is 22.8 Å². The minimum Gasteiger partial charge on any atom is -0.450 e. The summed E-state index contributed by atoms with van der Waals surface area (Å²) >= 11 is 5.79. The largest absolute Gasteiger partial charge is 0.450 e.